The maximum absolute atomic E-state index is 6.36. The number of aromatic nitrogens is 3. The molecule has 2 aliphatic carbocycles. The summed E-state index contributed by atoms with van der Waals surface area (Å²) >= 11 is 0. The Hall–Kier alpha value is -5.00. The second-order valence-electron chi connectivity index (χ2n) is 20.0. The number of benzene rings is 4. The minimum absolute atomic E-state index is 0. The topological polar surface area (TPSA) is 51.8 Å². The van der Waals surface area contributed by atoms with Gasteiger partial charge in [0.15, 0.2) is 0 Å². The van der Waals surface area contributed by atoms with E-state index in [4.69, 9.17) is 14.4 Å². The van der Waals surface area contributed by atoms with Crippen LogP contribution in [0.15, 0.2) is 120 Å². The van der Waals surface area contributed by atoms with Crippen LogP contribution in [0.5, 0.6) is 0 Å². The van der Waals surface area contributed by atoms with E-state index in [1.54, 1.807) is 0 Å². The number of furan rings is 1. The third-order valence-corrected chi connectivity index (χ3v) is 15.8. The maximum Gasteiger partial charge on any atom is 0.121 e. The molecule has 335 valence electrons. The molecule has 6 heteroatoms. The summed E-state index contributed by atoms with van der Waals surface area (Å²) in [6.45, 7) is 15.9. The Balaban J connectivity index is 0.000000176. The van der Waals surface area contributed by atoms with E-state index in [9.17, 15) is 0 Å². The molecule has 65 heavy (non-hydrogen) atoms. The van der Waals surface area contributed by atoms with E-state index >= 15 is 0 Å². The molecule has 0 amide bonds. The standard InChI is InChI=1S/C32H30NO.C27H33N2Si.Ir/c1-21(2)27-18-26(23-11-7-4-8-12-23)20-31-32(27)28-17-25(13-14-30(28)34-31)29-19-24(15-16-33-29)22-9-5-3-6-10-22;1-19-14-24(15-20(2)29-19)22-10-12-23(13-11-22)26-17-25(16-21-8-6-7-9-21)27(18-28-26)30(3,4)5;/h4,7-8,11-12,14-22H,3,5-6,9-10H2,1-2H3;10-12,14-15,17-18,21H,6-9,16H2,1-5H3;/q2*-1;. The number of hydrogen-bond acceptors (Lipinski definition) is 4. The first-order valence-corrected chi connectivity index (χ1v) is 27.4. The van der Waals surface area contributed by atoms with Crippen LogP contribution in [0.1, 0.15) is 112 Å². The van der Waals surface area contributed by atoms with Crippen molar-refractivity contribution in [3.05, 3.63) is 156 Å². The second-order valence-corrected chi connectivity index (χ2v) is 25.0. The van der Waals surface area contributed by atoms with Crippen molar-refractivity contribution >= 4 is 35.2 Å². The molecule has 1 radical (unpaired) electrons. The third-order valence-electron chi connectivity index (χ3n) is 13.7. The van der Waals surface area contributed by atoms with Crippen LogP contribution in [-0.4, -0.2) is 23.0 Å². The van der Waals surface area contributed by atoms with E-state index in [1.807, 2.05) is 26.1 Å². The molecule has 4 heterocycles. The number of aryl methyl sites for hydroxylation is 2. The molecule has 0 unspecified atom stereocenters. The smallest absolute Gasteiger partial charge is 0.121 e. The molecule has 0 saturated heterocycles. The van der Waals surface area contributed by atoms with Crippen LogP contribution in [0, 0.1) is 31.9 Å². The van der Waals surface area contributed by atoms with Crippen molar-refractivity contribution in [3.8, 4) is 44.8 Å². The average Bonchev–Trinajstić information content (AvgIpc) is 3.96. The number of hydrogen-bond donors (Lipinski definition) is 0. The average molecular weight is 1050 g/mol. The number of pyridine rings is 3. The Morgan fingerprint density at radius 2 is 1.35 bits per heavy atom. The normalized spacial score (nSPS) is 14.7. The zero-order valence-corrected chi connectivity index (χ0v) is 42.8. The molecule has 8 aromatic rings. The van der Waals surface area contributed by atoms with Gasteiger partial charge in [0, 0.05) is 49.3 Å². The van der Waals surface area contributed by atoms with Crippen molar-refractivity contribution in [2.24, 2.45) is 5.92 Å². The van der Waals surface area contributed by atoms with Crippen molar-refractivity contribution in [1.29, 1.82) is 0 Å². The van der Waals surface area contributed by atoms with Crippen LogP contribution in [0.4, 0.5) is 0 Å². The summed E-state index contributed by atoms with van der Waals surface area (Å²) in [5.74, 6) is 1.89. The van der Waals surface area contributed by atoms with Crippen molar-refractivity contribution in [3.63, 3.8) is 0 Å². The first kappa shape index (κ1) is 46.5. The zero-order chi connectivity index (χ0) is 44.4. The van der Waals surface area contributed by atoms with E-state index in [1.165, 1.54) is 114 Å². The van der Waals surface area contributed by atoms with Crippen LogP contribution in [0.2, 0.25) is 19.6 Å². The van der Waals surface area contributed by atoms with Gasteiger partial charge in [0.2, 0.25) is 0 Å². The molecular weight excluding hydrogens is 987 g/mol. The van der Waals surface area contributed by atoms with E-state index < -0.39 is 8.07 Å². The van der Waals surface area contributed by atoms with Crippen molar-refractivity contribution < 1.29 is 24.5 Å². The Kier molecular flexibility index (Phi) is 14.5. The SMILES string of the molecule is CC(C)c1cc(-c2ccccc2)cc2oc3c[c-]c(-c4cc(C5CCCCC5)ccn4)cc3c12.Cc1cc(-c2c[c-]c(-c3cc(CC4CCCC4)c([Si](C)(C)C)cn3)cc2)cc(C)n1.[Ir]. The first-order chi connectivity index (χ1) is 31.0. The summed E-state index contributed by atoms with van der Waals surface area (Å²) in [4.78, 5) is 14.1. The van der Waals surface area contributed by atoms with Crippen LogP contribution in [-0.2, 0) is 26.5 Å². The van der Waals surface area contributed by atoms with Gasteiger partial charge in [-0.2, -0.15) is 0 Å². The molecule has 4 nitrogen and oxygen atoms in total. The molecule has 2 aliphatic rings. The van der Waals surface area contributed by atoms with Gasteiger partial charge in [-0.1, -0.05) is 155 Å². The molecular formula is C59H63IrN3OSi-2. The molecule has 2 fully saturated rings. The molecule has 0 spiro atoms. The number of rotatable bonds is 9. The van der Waals surface area contributed by atoms with Gasteiger partial charge in [0.25, 0.3) is 0 Å². The Labute approximate surface area is 402 Å². The fourth-order valence-electron chi connectivity index (χ4n) is 10.3. The van der Waals surface area contributed by atoms with Gasteiger partial charge in [-0.15, -0.1) is 53.6 Å². The quantitative estimate of drug-likeness (QED) is 0.107. The van der Waals surface area contributed by atoms with Gasteiger partial charge in [-0.25, -0.2) is 0 Å². The fourth-order valence-corrected chi connectivity index (χ4v) is 11.9. The fraction of sp³-hybridized carbons (Fsp3) is 0.339. The molecule has 4 aromatic heterocycles. The van der Waals surface area contributed by atoms with Gasteiger partial charge >= 0.3 is 0 Å². The summed E-state index contributed by atoms with van der Waals surface area (Å²) < 4.78 is 6.36. The molecule has 0 atom stereocenters. The van der Waals surface area contributed by atoms with Gasteiger partial charge in [-0.3, -0.25) is 4.98 Å². The van der Waals surface area contributed by atoms with Crippen LogP contribution in [0.3, 0.4) is 0 Å². The maximum atomic E-state index is 6.36. The molecule has 10 rings (SSSR count). The van der Waals surface area contributed by atoms with Crippen LogP contribution < -0.4 is 5.19 Å². The third kappa shape index (κ3) is 10.7. The largest absolute Gasteiger partial charge is 0.500 e. The Morgan fingerprint density at radius 1 is 0.662 bits per heavy atom. The second kappa shape index (κ2) is 20.2. The van der Waals surface area contributed by atoms with Crippen molar-refractivity contribution in [1.82, 2.24) is 15.0 Å². The summed E-state index contributed by atoms with van der Waals surface area (Å²) in [5.41, 5.74) is 17.2. The van der Waals surface area contributed by atoms with Gasteiger partial charge < -0.3 is 14.4 Å². The van der Waals surface area contributed by atoms with E-state index in [0.29, 0.717) is 11.8 Å². The molecule has 4 aromatic carbocycles. The van der Waals surface area contributed by atoms with E-state index in [2.05, 4.69) is 154 Å². The summed E-state index contributed by atoms with van der Waals surface area (Å²) in [7, 11) is -1.42. The monoisotopic (exact) mass is 1050 g/mol. The van der Waals surface area contributed by atoms with E-state index in [0.717, 1.165) is 56.4 Å². The number of nitrogens with zero attached hydrogens (tertiary/aromatic N) is 3. The predicted molar refractivity (Wildman–Crippen MR) is 271 cm³/mol. The molecule has 0 bridgehead atoms. The number of fused-ring (bicyclic) bond motifs is 3. The summed E-state index contributed by atoms with van der Waals surface area (Å²) in [6.07, 6.45) is 17.5. The van der Waals surface area contributed by atoms with Gasteiger partial charge in [-0.05, 0) is 108 Å². The molecule has 0 aliphatic heterocycles. The Bertz CT molecular complexity index is 2860. The van der Waals surface area contributed by atoms with Crippen molar-refractivity contribution in [2.75, 3.05) is 0 Å². The summed E-state index contributed by atoms with van der Waals surface area (Å²) in [6, 6.07) is 43.8. The first-order valence-electron chi connectivity index (χ1n) is 23.9. The van der Waals surface area contributed by atoms with Crippen LogP contribution in [0.25, 0.3) is 66.7 Å². The zero-order valence-electron chi connectivity index (χ0n) is 39.4. The summed E-state index contributed by atoms with van der Waals surface area (Å²) in [5, 5.41) is 3.89. The van der Waals surface area contributed by atoms with Gasteiger partial charge in [0.1, 0.15) is 5.58 Å². The minimum atomic E-state index is -1.42. The van der Waals surface area contributed by atoms with Crippen LogP contribution >= 0.6 is 0 Å². The Morgan fingerprint density at radius 3 is 2.05 bits per heavy atom. The minimum Gasteiger partial charge on any atom is -0.500 e. The van der Waals surface area contributed by atoms with Gasteiger partial charge in [0.05, 0.1) is 13.7 Å². The van der Waals surface area contributed by atoms with Crippen molar-refractivity contribution in [2.45, 2.75) is 123 Å². The predicted octanol–water partition coefficient (Wildman–Crippen LogP) is 15.8. The van der Waals surface area contributed by atoms with E-state index in [-0.39, 0.29) is 20.1 Å². The molecule has 2 saturated carbocycles. The molecule has 0 N–H and O–H groups in total.